The van der Waals surface area contributed by atoms with Crippen LogP contribution < -0.4 is 15.5 Å². The van der Waals surface area contributed by atoms with Gasteiger partial charge < -0.3 is 19.6 Å². The van der Waals surface area contributed by atoms with Crippen molar-refractivity contribution in [1.82, 2.24) is 15.2 Å². The zero-order chi connectivity index (χ0) is 18.5. The zero-order valence-corrected chi connectivity index (χ0v) is 14.4. The fraction of sp³-hybridized carbons (Fsp3) is 0.389. The number of pyridine rings is 1. The molecule has 0 aromatic carbocycles. The highest BCUT2D eigenvalue weighted by Crippen LogP contribution is 2.15. The molecule has 3 heterocycles. The Labute approximate surface area is 150 Å². The van der Waals surface area contributed by atoms with Crippen LogP contribution in [0.3, 0.4) is 0 Å². The summed E-state index contributed by atoms with van der Waals surface area (Å²) >= 11 is 0. The number of nitrogens with zero attached hydrogens (tertiary/aromatic N) is 2. The summed E-state index contributed by atoms with van der Waals surface area (Å²) in [5.41, 5.74) is 0.0777. The van der Waals surface area contributed by atoms with E-state index in [9.17, 15) is 14.7 Å². The van der Waals surface area contributed by atoms with Crippen molar-refractivity contribution in [2.24, 2.45) is 0 Å². The minimum atomic E-state index is -0.721. The van der Waals surface area contributed by atoms with Crippen LogP contribution in [0.15, 0.2) is 45.9 Å². The van der Waals surface area contributed by atoms with Gasteiger partial charge in [-0.2, -0.15) is 0 Å². The molecule has 1 amide bonds. The van der Waals surface area contributed by atoms with Gasteiger partial charge in [-0.25, -0.2) is 0 Å². The summed E-state index contributed by atoms with van der Waals surface area (Å²) in [6.45, 7) is 1.42. The first-order valence-electron chi connectivity index (χ1n) is 8.35. The van der Waals surface area contributed by atoms with Crippen molar-refractivity contribution in [2.45, 2.75) is 25.1 Å². The predicted octanol–water partition coefficient (Wildman–Crippen LogP) is 0.409. The number of amides is 1. The van der Waals surface area contributed by atoms with Crippen molar-refractivity contribution < 1.29 is 19.1 Å². The van der Waals surface area contributed by atoms with Gasteiger partial charge in [-0.3, -0.25) is 19.5 Å². The lowest BCUT2D eigenvalue weighted by Gasteiger charge is -2.35. The molecule has 1 fully saturated rings. The number of likely N-dealkylation sites (tertiary alicyclic amines) is 1. The molecule has 0 aliphatic carbocycles. The number of aromatic nitrogens is 1. The maximum absolute atomic E-state index is 12.2. The molecule has 0 spiro atoms. The number of carbonyl (C=O) groups excluding carboxylic acids is 1. The summed E-state index contributed by atoms with van der Waals surface area (Å²) in [7, 11) is 1.41. The van der Waals surface area contributed by atoms with Gasteiger partial charge in [0.05, 0.1) is 25.8 Å². The minimum Gasteiger partial charge on any atom is -0.490 e. The van der Waals surface area contributed by atoms with Crippen LogP contribution in [0.1, 0.15) is 22.7 Å². The highest BCUT2D eigenvalue weighted by Gasteiger charge is 2.29. The Morgan fingerprint density at radius 2 is 2.35 bits per heavy atom. The maximum atomic E-state index is 12.2. The third-order valence-electron chi connectivity index (χ3n) is 4.33. The lowest BCUT2D eigenvalue weighted by molar-refractivity contribution is 0.0322. The SMILES string of the molecule is COc1coc(CN2CC[C@@H](NC(=O)c3ccccn3)[C@H](O)C2)cc1=O. The van der Waals surface area contributed by atoms with Crippen LogP contribution in [0.2, 0.25) is 0 Å². The van der Waals surface area contributed by atoms with Crippen molar-refractivity contribution in [3.05, 3.63) is 58.4 Å². The molecule has 2 aromatic rings. The van der Waals surface area contributed by atoms with Gasteiger partial charge in [-0.1, -0.05) is 6.07 Å². The van der Waals surface area contributed by atoms with Crippen molar-refractivity contribution in [2.75, 3.05) is 20.2 Å². The van der Waals surface area contributed by atoms with Gasteiger partial charge in [0, 0.05) is 25.4 Å². The molecule has 2 atom stereocenters. The van der Waals surface area contributed by atoms with E-state index >= 15 is 0 Å². The van der Waals surface area contributed by atoms with Crippen LogP contribution in [0.5, 0.6) is 5.75 Å². The van der Waals surface area contributed by atoms with E-state index in [2.05, 4.69) is 10.3 Å². The number of aliphatic hydroxyl groups is 1. The Balaban J connectivity index is 1.56. The van der Waals surface area contributed by atoms with Crippen LogP contribution in [0.25, 0.3) is 0 Å². The van der Waals surface area contributed by atoms with Crippen molar-refractivity contribution in [3.63, 3.8) is 0 Å². The summed E-state index contributed by atoms with van der Waals surface area (Å²) in [4.78, 5) is 29.9. The number of carbonyl (C=O) groups is 1. The number of aliphatic hydroxyl groups excluding tert-OH is 1. The van der Waals surface area contributed by atoms with E-state index < -0.39 is 6.10 Å². The molecule has 26 heavy (non-hydrogen) atoms. The molecule has 8 nitrogen and oxygen atoms in total. The molecule has 0 radical (unpaired) electrons. The summed E-state index contributed by atoms with van der Waals surface area (Å²) < 4.78 is 10.3. The van der Waals surface area contributed by atoms with Gasteiger partial charge >= 0.3 is 0 Å². The molecule has 0 bridgehead atoms. The largest absolute Gasteiger partial charge is 0.490 e. The fourth-order valence-corrected chi connectivity index (χ4v) is 2.94. The Morgan fingerprint density at radius 1 is 1.50 bits per heavy atom. The highest BCUT2D eigenvalue weighted by atomic mass is 16.5. The molecule has 0 unspecified atom stereocenters. The summed E-state index contributed by atoms with van der Waals surface area (Å²) in [6, 6.07) is 6.15. The van der Waals surface area contributed by atoms with Crippen molar-refractivity contribution in [1.29, 1.82) is 0 Å². The number of hydrogen-bond acceptors (Lipinski definition) is 7. The maximum Gasteiger partial charge on any atom is 0.270 e. The smallest absolute Gasteiger partial charge is 0.270 e. The fourth-order valence-electron chi connectivity index (χ4n) is 2.94. The van der Waals surface area contributed by atoms with Gasteiger partial charge in [0.15, 0.2) is 0 Å². The molecule has 8 heteroatoms. The lowest BCUT2D eigenvalue weighted by Crippen LogP contribution is -2.53. The Morgan fingerprint density at radius 3 is 3.00 bits per heavy atom. The predicted molar refractivity (Wildman–Crippen MR) is 92.9 cm³/mol. The Hall–Kier alpha value is -2.71. The van der Waals surface area contributed by atoms with Crippen molar-refractivity contribution >= 4 is 5.91 Å². The van der Waals surface area contributed by atoms with E-state index in [-0.39, 0.29) is 23.1 Å². The van der Waals surface area contributed by atoms with Gasteiger partial charge in [-0.15, -0.1) is 0 Å². The molecule has 2 N–H and O–H groups in total. The second-order valence-corrected chi connectivity index (χ2v) is 6.17. The Bertz CT molecular complexity index is 808. The minimum absolute atomic E-state index is 0.157. The average molecular weight is 359 g/mol. The number of nitrogens with one attached hydrogen (secondary N) is 1. The first kappa shape index (κ1) is 18.1. The zero-order valence-electron chi connectivity index (χ0n) is 14.4. The third kappa shape index (κ3) is 4.27. The molecule has 1 aliphatic rings. The highest BCUT2D eigenvalue weighted by molar-refractivity contribution is 5.92. The number of methoxy groups -OCH3 is 1. The number of hydrogen-bond donors (Lipinski definition) is 2. The van der Waals surface area contributed by atoms with E-state index in [1.54, 1.807) is 24.4 Å². The lowest BCUT2D eigenvalue weighted by atomic mass is 10.0. The average Bonchev–Trinajstić information content (AvgIpc) is 2.65. The molecule has 0 saturated carbocycles. The first-order valence-corrected chi connectivity index (χ1v) is 8.35. The summed E-state index contributed by atoms with van der Waals surface area (Å²) in [6.07, 6.45) is 2.70. The van der Waals surface area contributed by atoms with Crippen LogP contribution in [-0.4, -0.2) is 53.2 Å². The van der Waals surface area contributed by atoms with E-state index in [0.29, 0.717) is 37.5 Å². The molecule has 138 valence electrons. The van der Waals surface area contributed by atoms with E-state index in [1.165, 1.54) is 19.4 Å². The summed E-state index contributed by atoms with van der Waals surface area (Å²) in [5.74, 6) is 0.355. The summed E-state index contributed by atoms with van der Waals surface area (Å²) in [5, 5.41) is 13.2. The van der Waals surface area contributed by atoms with Crippen LogP contribution in [0.4, 0.5) is 0 Å². The standard InChI is InChI=1S/C18H21N3O5/c1-25-17-11-26-12(8-15(17)22)9-21-7-5-13(16(23)10-21)20-18(24)14-4-2-3-6-19-14/h2-4,6,8,11,13,16,23H,5,7,9-10H2,1H3,(H,20,24)/t13-,16-/m1/s1. The molecular weight excluding hydrogens is 338 g/mol. The quantitative estimate of drug-likeness (QED) is 0.796. The second-order valence-electron chi connectivity index (χ2n) is 6.17. The van der Waals surface area contributed by atoms with Crippen LogP contribution in [-0.2, 0) is 6.54 Å². The van der Waals surface area contributed by atoms with Crippen LogP contribution >= 0.6 is 0 Å². The number of β-amino-alcohol motifs (C(OH)–C–C–N with tert-alkyl or cyclic N) is 1. The topological polar surface area (TPSA) is 105 Å². The van der Waals surface area contributed by atoms with E-state index in [0.717, 1.165) is 0 Å². The normalized spacial score (nSPS) is 20.5. The molecule has 3 rings (SSSR count). The molecule has 1 aliphatic heterocycles. The third-order valence-corrected chi connectivity index (χ3v) is 4.33. The number of ether oxygens (including phenoxy) is 1. The molecule has 2 aromatic heterocycles. The van der Waals surface area contributed by atoms with Gasteiger partial charge in [0.25, 0.3) is 5.91 Å². The van der Waals surface area contributed by atoms with Crippen molar-refractivity contribution in [3.8, 4) is 5.75 Å². The van der Waals surface area contributed by atoms with Gasteiger partial charge in [0.1, 0.15) is 17.7 Å². The molecular formula is C18H21N3O5. The van der Waals surface area contributed by atoms with Gasteiger partial charge in [-0.05, 0) is 18.6 Å². The number of rotatable bonds is 5. The van der Waals surface area contributed by atoms with E-state index in [4.69, 9.17) is 9.15 Å². The first-order chi connectivity index (χ1) is 12.6. The van der Waals surface area contributed by atoms with Gasteiger partial charge in [0.2, 0.25) is 11.2 Å². The monoisotopic (exact) mass is 359 g/mol. The second kappa shape index (κ2) is 8.11. The molecule has 1 saturated heterocycles. The number of piperidine rings is 1. The van der Waals surface area contributed by atoms with E-state index in [1.807, 2.05) is 4.90 Å². The Kier molecular flexibility index (Phi) is 5.65. The van der Waals surface area contributed by atoms with Crippen LogP contribution in [0, 0.1) is 0 Å².